The standard InChI is InChI=1S/C27H35ClN4O4/c1-3-36-23(34)7-5-4-6-21(19-8-10-20(28)11-9-19)27(35)32-14-12-31(13-15-32)26-24-18(2)16-22(33)25(24)29-17-30-26/h8-11,17-18,21-22,33H,3-7,12-16H2,1-2H3/t18-,21-,22-/m1/s1. The third-order valence-corrected chi connectivity index (χ3v) is 7.42. The Balaban J connectivity index is 1.41. The van der Waals surface area contributed by atoms with Gasteiger partial charge in [0, 0.05) is 43.2 Å². The number of aliphatic hydroxyl groups is 1. The molecule has 1 fully saturated rings. The molecule has 9 heteroatoms. The Morgan fingerprint density at radius 2 is 1.86 bits per heavy atom. The smallest absolute Gasteiger partial charge is 0.305 e. The number of halogens is 1. The van der Waals surface area contributed by atoms with Crippen molar-refractivity contribution in [3.63, 3.8) is 0 Å². The largest absolute Gasteiger partial charge is 0.466 e. The predicted octanol–water partition coefficient (Wildman–Crippen LogP) is 4.23. The molecule has 36 heavy (non-hydrogen) atoms. The van der Waals surface area contributed by atoms with Crippen LogP contribution in [0.1, 0.15) is 80.7 Å². The first kappa shape index (κ1) is 26.4. The lowest BCUT2D eigenvalue weighted by Crippen LogP contribution is -2.50. The summed E-state index contributed by atoms with van der Waals surface area (Å²) in [6.07, 6.45) is 4.12. The summed E-state index contributed by atoms with van der Waals surface area (Å²) in [5.74, 6) is 0.708. The lowest BCUT2D eigenvalue weighted by atomic mass is 9.91. The van der Waals surface area contributed by atoms with Gasteiger partial charge in [0.05, 0.1) is 24.3 Å². The highest BCUT2D eigenvalue weighted by Crippen LogP contribution is 2.42. The number of carbonyl (C=O) groups is 2. The van der Waals surface area contributed by atoms with Crippen LogP contribution < -0.4 is 4.90 Å². The van der Waals surface area contributed by atoms with E-state index in [0.29, 0.717) is 63.5 Å². The number of fused-ring (bicyclic) bond motifs is 1. The molecule has 2 aromatic rings. The average molecular weight is 515 g/mol. The molecule has 0 radical (unpaired) electrons. The molecule has 0 unspecified atom stereocenters. The zero-order valence-electron chi connectivity index (χ0n) is 21.0. The van der Waals surface area contributed by atoms with Crippen LogP contribution in [0.15, 0.2) is 30.6 Å². The molecule has 0 bridgehead atoms. The third kappa shape index (κ3) is 5.98. The van der Waals surface area contributed by atoms with Crippen LogP contribution in [0.2, 0.25) is 5.02 Å². The molecule has 0 saturated carbocycles. The molecular formula is C27H35ClN4O4. The first-order chi connectivity index (χ1) is 17.4. The molecule has 2 heterocycles. The van der Waals surface area contributed by atoms with Gasteiger partial charge in [0.25, 0.3) is 0 Å². The quantitative estimate of drug-likeness (QED) is 0.395. The summed E-state index contributed by atoms with van der Waals surface area (Å²) in [6.45, 7) is 6.83. The van der Waals surface area contributed by atoms with Crippen LogP contribution in [-0.4, -0.2) is 64.6 Å². The van der Waals surface area contributed by atoms with Gasteiger partial charge in [-0.3, -0.25) is 9.59 Å². The van der Waals surface area contributed by atoms with Crippen molar-refractivity contribution in [3.05, 3.63) is 52.4 Å². The van der Waals surface area contributed by atoms with Crippen molar-refractivity contribution < 1.29 is 19.4 Å². The molecule has 8 nitrogen and oxygen atoms in total. The van der Waals surface area contributed by atoms with Gasteiger partial charge in [-0.15, -0.1) is 0 Å². The maximum absolute atomic E-state index is 13.7. The van der Waals surface area contributed by atoms with E-state index in [1.807, 2.05) is 29.2 Å². The number of hydrogen-bond acceptors (Lipinski definition) is 7. The number of hydrogen-bond donors (Lipinski definition) is 1. The number of esters is 1. The van der Waals surface area contributed by atoms with Crippen LogP contribution in [0.25, 0.3) is 0 Å². The van der Waals surface area contributed by atoms with E-state index >= 15 is 0 Å². The van der Waals surface area contributed by atoms with E-state index in [-0.39, 0.29) is 23.7 Å². The Morgan fingerprint density at radius 3 is 2.56 bits per heavy atom. The van der Waals surface area contributed by atoms with Crippen LogP contribution >= 0.6 is 11.6 Å². The third-order valence-electron chi connectivity index (χ3n) is 7.17. The van der Waals surface area contributed by atoms with Crippen LogP contribution in [0, 0.1) is 0 Å². The number of piperazine rings is 1. The number of amides is 1. The summed E-state index contributed by atoms with van der Waals surface area (Å²) < 4.78 is 5.02. The number of rotatable bonds is 9. The number of nitrogens with zero attached hydrogens (tertiary/aromatic N) is 4. The predicted molar refractivity (Wildman–Crippen MR) is 138 cm³/mol. The van der Waals surface area contributed by atoms with E-state index in [1.54, 1.807) is 6.92 Å². The Bertz CT molecular complexity index is 1060. The van der Waals surface area contributed by atoms with Gasteiger partial charge in [-0.05, 0) is 49.8 Å². The second-order valence-corrected chi connectivity index (χ2v) is 10.1. The van der Waals surface area contributed by atoms with Crippen molar-refractivity contribution in [2.45, 2.75) is 63.9 Å². The minimum atomic E-state index is -0.538. The van der Waals surface area contributed by atoms with Gasteiger partial charge in [-0.2, -0.15) is 0 Å². The summed E-state index contributed by atoms with van der Waals surface area (Å²) in [5.41, 5.74) is 2.71. The Morgan fingerprint density at radius 1 is 1.14 bits per heavy atom. The van der Waals surface area contributed by atoms with Crippen molar-refractivity contribution in [1.82, 2.24) is 14.9 Å². The molecule has 0 spiro atoms. The highest BCUT2D eigenvalue weighted by molar-refractivity contribution is 6.30. The topological polar surface area (TPSA) is 95.9 Å². The maximum Gasteiger partial charge on any atom is 0.305 e. The number of ether oxygens (including phenoxy) is 1. The Kier molecular flexibility index (Phi) is 8.80. The van der Waals surface area contributed by atoms with Gasteiger partial charge in [0.2, 0.25) is 5.91 Å². The molecule has 1 amide bonds. The number of aromatic nitrogens is 2. The van der Waals surface area contributed by atoms with E-state index in [0.717, 1.165) is 29.1 Å². The molecule has 1 aliphatic heterocycles. The van der Waals surface area contributed by atoms with E-state index in [2.05, 4.69) is 21.8 Å². The number of aliphatic hydroxyl groups excluding tert-OH is 1. The van der Waals surface area contributed by atoms with Crippen molar-refractivity contribution in [1.29, 1.82) is 0 Å². The first-order valence-electron chi connectivity index (χ1n) is 12.9. The summed E-state index contributed by atoms with van der Waals surface area (Å²) in [6, 6.07) is 7.48. The molecule has 1 aliphatic carbocycles. The molecule has 3 atom stereocenters. The molecule has 1 saturated heterocycles. The fourth-order valence-electron chi connectivity index (χ4n) is 5.29. The maximum atomic E-state index is 13.7. The van der Waals surface area contributed by atoms with Gasteiger partial charge in [-0.1, -0.05) is 37.1 Å². The van der Waals surface area contributed by atoms with Gasteiger partial charge in [0.1, 0.15) is 12.1 Å². The molecule has 2 aliphatic rings. The molecule has 1 N–H and O–H groups in total. The van der Waals surface area contributed by atoms with Gasteiger partial charge in [-0.25, -0.2) is 9.97 Å². The number of benzene rings is 1. The van der Waals surface area contributed by atoms with Gasteiger partial charge < -0.3 is 19.6 Å². The van der Waals surface area contributed by atoms with Crippen LogP contribution in [0.5, 0.6) is 0 Å². The lowest BCUT2D eigenvalue weighted by Gasteiger charge is -2.38. The summed E-state index contributed by atoms with van der Waals surface area (Å²) in [5, 5.41) is 11.0. The SMILES string of the molecule is CCOC(=O)CCCC[C@@H](C(=O)N1CCN(c2ncnc3c2[C@H](C)C[C@H]3O)CC1)c1ccc(Cl)cc1. The van der Waals surface area contributed by atoms with Crippen LogP contribution in [-0.2, 0) is 14.3 Å². The second-order valence-electron chi connectivity index (χ2n) is 9.62. The molecule has 4 rings (SSSR count). The first-order valence-corrected chi connectivity index (χ1v) is 13.2. The molecule has 1 aromatic heterocycles. The van der Waals surface area contributed by atoms with Crippen molar-refractivity contribution >= 4 is 29.3 Å². The van der Waals surface area contributed by atoms with E-state index in [4.69, 9.17) is 16.3 Å². The van der Waals surface area contributed by atoms with E-state index < -0.39 is 6.10 Å². The molecule has 1 aromatic carbocycles. The average Bonchev–Trinajstić information content (AvgIpc) is 3.18. The minimum Gasteiger partial charge on any atom is -0.466 e. The van der Waals surface area contributed by atoms with Crippen molar-refractivity contribution in [2.75, 3.05) is 37.7 Å². The Labute approximate surface area is 217 Å². The van der Waals surface area contributed by atoms with Crippen molar-refractivity contribution in [2.24, 2.45) is 0 Å². The minimum absolute atomic E-state index is 0.102. The van der Waals surface area contributed by atoms with E-state index in [9.17, 15) is 14.7 Å². The lowest BCUT2D eigenvalue weighted by molar-refractivity contribution is -0.143. The fraction of sp³-hybridized carbons (Fsp3) is 0.556. The van der Waals surface area contributed by atoms with Crippen LogP contribution in [0.4, 0.5) is 5.82 Å². The second kappa shape index (κ2) is 12.0. The zero-order valence-corrected chi connectivity index (χ0v) is 21.8. The number of anilines is 1. The van der Waals surface area contributed by atoms with Gasteiger partial charge >= 0.3 is 5.97 Å². The molecular weight excluding hydrogens is 480 g/mol. The molecule has 194 valence electrons. The normalized spacial score (nSPS) is 20.2. The highest BCUT2D eigenvalue weighted by Gasteiger charge is 2.35. The number of unbranched alkanes of at least 4 members (excludes halogenated alkanes) is 1. The fourth-order valence-corrected chi connectivity index (χ4v) is 5.42. The number of carbonyl (C=O) groups excluding carboxylic acids is 2. The summed E-state index contributed by atoms with van der Waals surface area (Å²) >= 11 is 6.09. The van der Waals surface area contributed by atoms with Crippen LogP contribution in [0.3, 0.4) is 0 Å². The van der Waals surface area contributed by atoms with Gasteiger partial charge in [0.15, 0.2) is 0 Å². The van der Waals surface area contributed by atoms with E-state index in [1.165, 1.54) is 6.33 Å². The summed E-state index contributed by atoms with van der Waals surface area (Å²) in [7, 11) is 0. The monoisotopic (exact) mass is 514 g/mol. The van der Waals surface area contributed by atoms with Crippen molar-refractivity contribution in [3.8, 4) is 0 Å². The zero-order chi connectivity index (χ0) is 25.7. The Hall–Kier alpha value is -2.71. The summed E-state index contributed by atoms with van der Waals surface area (Å²) in [4.78, 5) is 38.4. The highest BCUT2D eigenvalue weighted by atomic mass is 35.5.